The highest BCUT2D eigenvalue weighted by atomic mass is 16.6. The van der Waals surface area contributed by atoms with Gasteiger partial charge in [-0.3, -0.25) is 14.4 Å². The normalized spacial score (nSPS) is 50.2. The summed E-state index contributed by atoms with van der Waals surface area (Å²) in [7, 11) is 0. The summed E-state index contributed by atoms with van der Waals surface area (Å²) in [6, 6.07) is 0. The molecule has 27 heavy (non-hydrogen) atoms. The zero-order chi connectivity index (χ0) is 19.9. The first kappa shape index (κ1) is 18.7. The first-order valence-corrected chi connectivity index (χ1v) is 9.06. The molecule has 2 saturated heterocycles. The van der Waals surface area contributed by atoms with E-state index in [4.69, 9.17) is 14.2 Å². The van der Waals surface area contributed by atoms with Crippen LogP contribution in [0.4, 0.5) is 0 Å². The summed E-state index contributed by atoms with van der Waals surface area (Å²) in [6.45, 7) is 5.81. The highest BCUT2D eigenvalue weighted by Gasteiger charge is 2.87. The van der Waals surface area contributed by atoms with Crippen LogP contribution in [0.15, 0.2) is 11.6 Å². The Labute approximate surface area is 156 Å². The number of ketones is 2. The molecule has 148 valence electrons. The lowest BCUT2D eigenvalue weighted by Gasteiger charge is -2.59. The molecule has 0 unspecified atom stereocenters. The van der Waals surface area contributed by atoms with Crippen LogP contribution in [0.3, 0.4) is 0 Å². The van der Waals surface area contributed by atoms with Gasteiger partial charge < -0.3 is 24.4 Å². The van der Waals surface area contributed by atoms with Gasteiger partial charge in [-0.1, -0.05) is 6.92 Å². The molecule has 2 aliphatic carbocycles. The Morgan fingerprint density at radius 2 is 1.96 bits per heavy atom. The summed E-state index contributed by atoms with van der Waals surface area (Å²) >= 11 is 0. The number of Topliss-reactive ketones (excluding diaryl/α,β-unsaturated/α-hetero) is 2. The summed E-state index contributed by atoms with van der Waals surface area (Å²) in [5.74, 6) is -2.32. The van der Waals surface area contributed by atoms with Gasteiger partial charge in [-0.05, 0) is 25.5 Å². The minimum atomic E-state index is -1.56. The number of hydrogen-bond donors (Lipinski definition) is 2. The lowest BCUT2D eigenvalue weighted by Crippen LogP contribution is -2.72. The summed E-state index contributed by atoms with van der Waals surface area (Å²) in [5.41, 5.74) is -3.30. The van der Waals surface area contributed by atoms with Crippen LogP contribution in [0.5, 0.6) is 0 Å². The number of ether oxygens (including phenoxy) is 3. The van der Waals surface area contributed by atoms with Gasteiger partial charge in [0, 0.05) is 12.3 Å². The lowest BCUT2D eigenvalue weighted by atomic mass is 9.48. The molecular weight excluding hydrogens is 356 g/mol. The first-order valence-electron chi connectivity index (χ1n) is 9.06. The van der Waals surface area contributed by atoms with Crippen LogP contribution in [0.2, 0.25) is 0 Å². The van der Waals surface area contributed by atoms with E-state index in [0.717, 1.165) is 0 Å². The van der Waals surface area contributed by atoms with Crippen molar-refractivity contribution in [2.45, 2.75) is 57.7 Å². The molecule has 1 spiro atoms. The quantitative estimate of drug-likeness (QED) is 0.499. The molecule has 1 saturated carbocycles. The van der Waals surface area contributed by atoms with Gasteiger partial charge in [-0.15, -0.1) is 0 Å². The zero-order valence-corrected chi connectivity index (χ0v) is 15.7. The molecule has 2 heterocycles. The third-order valence-corrected chi connectivity index (χ3v) is 7.31. The SMILES string of the molecule is CC(=O)OC[C@]12[C@H](O)C(=O)C(C)=C[C@H]1O[C@@H]1[C@H](O)[C@@H](C(C)=O)[C@@]2(C)[C@]12CO2. The number of fused-ring (bicyclic) bond motifs is 2. The molecule has 0 amide bonds. The Bertz CT molecular complexity index is 768. The average Bonchev–Trinajstić information content (AvgIpc) is 3.35. The maximum absolute atomic E-state index is 12.7. The maximum Gasteiger partial charge on any atom is 0.302 e. The van der Waals surface area contributed by atoms with Crippen LogP contribution in [-0.4, -0.2) is 71.0 Å². The fourth-order valence-electron chi connectivity index (χ4n) is 5.91. The average molecular weight is 380 g/mol. The lowest BCUT2D eigenvalue weighted by molar-refractivity contribution is -0.251. The van der Waals surface area contributed by atoms with Crippen molar-refractivity contribution >= 4 is 17.5 Å². The van der Waals surface area contributed by atoms with Gasteiger partial charge in [0.25, 0.3) is 0 Å². The predicted molar refractivity (Wildman–Crippen MR) is 89.5 cm³/mol. The molecule has 8 heteroatoms. The Hall–Kier alpha value is -1.61. The van der Waals surface area contributed by atoms with Crippen LogP contribution in [0.1, 0.15) is 27.7 Å². The largest absolute Gasteiger partial charge is 0.465 e. The Morgan fingerprint density at radius 3 is 2.48 bits per heavy atom. The summed E-state index contributed by atoms with van der Waals surface area (Å²) < 4.78 is 17.2. The molecular formula is C19H24O8. The number of esters is 1. The number of carbonyl (C=O) groups excluding carboxylic acids is 3. The zero-order valence-electron chi connectivity index (χ0n) is 15.7. The molecule has 2 aliphatic heterocycles. The van der Waals surface area contributed by atoms with Crippen molar-refractivity contribution in [3.05, 3.63) is 11.6 Å². The van der Waals surface area contributed by atoms with E-state index in [1.165, 1.54) is 13.8 Å². The fraction of sp³-hybridized carbons (Fsp3) is 0.737. The number of hydrogen-bond acceptors (Lipinski definition) is 8. The van der Waals surface area contributed by atoms with Gasteiger partial charge in [-0.2, -0.15) is 0 Å². The fourth-order valence-corrected chi connectivity index (χ4v) is 5.91. The van der Waals surface area contributed by atoms with E-state index in [0.29, 0.717) is 5.57 Å². The van der Waals surface area contributed by atoms with Gasteiger partial charge in [-0.25, -0.2) is 0 Å². The van der Waals surface area contributed by atoms with Gasteiger partial charge in [0.05, 0.1) is 30.1 Å². The van der Waals surface area contributed by atoms with Crippen molar-refractivity contribution in [2.24, 2.45) is 16.7 Å². The smallest absolute Gasteiger partial charge is 0.302 e. The Balaban J connectivity index is 1.98. The second kappa shape index (κ2) is 5.47. The van der Waals surface area contributed by atoms with E-state index in [1.807, 2.05) is 0 Å². The highest BCUT2D eigenvalue weighted by Crippen LogP contribution is 2.73. The number of aliphatic hydroxyl groups is 2. The minimum absolute atomic E-state index is 0.229. The number of rotatable bonds is 3. The van der Waals surface area contributed by atoms with E-state index in [-0.39, 0.29) is 19.0 Å². The summed E-state index contributed by atoms with van der Waals surface area (Å²) in [4.78, 5) is 36.9. The first-order chi connectivity index (χ1) is 12.5. The number of aliphatic hydroxyl groups excluding tert-OH is 2. The Morgan fingerprint density at radius 1 is 1.33 bits per heavy atom. The standard InChI is InChI=1S/C19H24O8/c1-8-5-11-18(6-25-10(3)21,15(24)13(8)22)17(4)12(9(2)20)14(23)16(27-11)19(17)7-26-19/h5,11-12,14-16,23-24H,6-7H2,1-4H3/t11-,12-,14-,15-,16-,17-,18-,19+/m1/s1. The second-order valence-corrected chi connectivity index (χ2v) is 8.37. The molecule has 0 aromatic heterocycles. The summed E-state index contributed by atoms with van der Waals surface area (Å²) in [5, 5.41) is 22.0. The van der Waals surface area contributed by atoms with Gasteiger partial charge >= 0.3 is 5.97 Å². The topological polar surface area (TPSA) is 123 Å². The van der Waals surface area contributed by atoms with Crippen molar-refractivity contribution in [2.75, 3.05) is 13.2 Å². The summed E-state index contributed by atoms with van der Waals surface area (Å²) in [6.07, 6.45) is -2.70. The molecule has 2 N–H and O–H groups in total. The third-order valence-electron chi connectivity index (χ3n) is 7.31. The second-order valence-electron chi connectivity index (χ2n) is 8.37. The van der Waals surface area contributed by atoms with E-state index >= 15 is 0 Å². The molecule has 0 aromatic rings. The maximum atomic E-state index is 12.7. The molecule has 0 aromatic carbocycles. The number of epoxide rings is 1. The molecule has 2 bridgehead atoms. The molecule has 3 fully saturated rings. The Kier molecular flexibility index (Phi) is 3.80. The van der Waals surface area contributed by atoms with E-state index in [9.17, 15) is 24.6 Å². The molecule has 0 radical (unpaired) electrons. The van der Waals surface area contributed by atoms with Crippen LogP contribution >= 0.6 is 0 Å². The highest BCUT2D eigenvalue weighted by molar-refractivity contribution is 6.00. The van der Waals surface area contributed by atoms with Crippen LogP contribution in [0, 0.1) is 16.7 Å². The van der Waals surface area contributed by atoms with Crippen molar-refractivity contribution < 1.29 is 38.8 Å². The van der Waals surface area contributed by atoms with Crippen LogP contribution in [0.25, 0.3) is 0 Å². The molecule has 8 atom stereocenters. The predicted octanol–water partition coefficient (Wildman–Crippen LogP) is -0.452. The van der Waals surface area contributed by atoms with E-state index in [2.05, 4.69) is 0 Å². The van der Waals surface area contributed by atoms with Crippen molar-refractivity contribution in [1.82, 2.24) is 0 Å². The van der Waals surface area contributed by atoms with Crippen LogP contribution in [-0.2, 0) is 28.6 Å². The van der Waals surface area contributed by atoms with Crippen LogP contribution < -0.4 is 0 Å². The van der Waals surface area contributed by atoms with Gasteiger partial charge in [0.1, 0.15) is 30.2 Å². The monoisotopic (exact) mass is 380 g/mol. The van der Waals surface area contributed by atoms with E-state index in [1.54, 1.807) is 19.9 Å². The van der Waals surface area contributed by atoms with E-state index < -0.39 is 58.5 Å². The van der Waals surface area contributed by atoms with Gasteiger partial charge in [0.15, 0.2) is 5.78 Å². The minimum Gasteiger partial charge on any atom is -0.465 e. The van der Waals surface area contributed by atoms with Crippen molar-refractivity contribution in [1.29, 1.82) is 0 Å². The van der Waals surface area contributed by atoms with Crippen molar-refractivity contribution in [3.63, 3.8) is 0 Å². The van der Waals surface area contributed by atoms with Gasteiger partial charge in [0.2, 0.25) is 0 Å². The molecule has 4 rings (SSSR count). The molecule has 8 nitrogen and oxygen atoms in total. The molecule has 4 aliphatic rings. The third kappa shape index (κ3) is 1.94. The number of carbonyl (C=O) groups is 3. The van der Waals surface area contributed by atoms with Crippen molar-refractivity contribution in [3.8, 4) is 0 Å².